The van der Waals surface area contributed by atoms with Crippen molar-refractivity contribution in [3.05, 3.63) is 126 Å². The zero-order chi connectivity index (χ0) is 21.7. The lowest BCUT2D eigenvalue weighted by Gasteiger charge is -2.37. The number of ether oxygens (including phenoxy) is 1. The Hall–Kier alpha value is -3.41. The Labute approximate surface area is 194 Å². The summed E-state index contributed by atoms with van der Waals surface area (Å²) in [4.78, 5) is 16.4. The highest BCUT2D eigenvalue weighted by Crippen LogP contribution is 2.40. The van der Waals surface area contributed by atoms with Crippen molar-refractivity contribution in [2.75, 3.05) is 7.11 Å². The average Bonchev–Trinajstić information content (AvgIpc) is 3.29. The molecule has 0 aliphatic rings. The van der Waals surface area contributed by atoms with Crippen LogP contribution in [-0.4, -0.2) is 28.7 Å². The summed E-state index contributed by atoms with van der Waals surface area (Å²) in [5, 5.41) is 0. The summed E-state index contributed by atoms with van der Waals surface area (Å²) in [5.41, 5.74) is 9.40. The van der Waals surface area contributed by atoms with Crippen molar-refractivity contribution < 1.29 is 9.53 Å². The van der Waals surface area contributed by atoms with Crippen LogP contribution in [0.15, 0.2) is 104 Å². The van der Waals surface area contributed by atoms with Crippen LogP contribution < -0.4 is 5.73 Å². The molecule has 32 heavy (non-hydrogen) atoms. The molecule has 3 aromatic carbocycles. The van der Waals surface area contributed by atoms with Gasteiger partial charge >= 0.3 is 5.97 Å². The maximum absolute atomic E-state index is 11.8. The molecule has 0 fully saturated rings. The Kier molecular flexibility index (Phi) is 7.46. The smallest absolute Gasteiger partial charge is 0.323 e. The summed E-state index contributed by atoms with van der Waals surface area (Å²) in [7, 11) is 1.34. The maximum Gasteiger partial charge on any atom is 0.323 e. The second-order valence-electron chi connectivity index (χ2n) is 7.41. The van der Waals surface area contributed by atoms with E-state index in [9.17, 15) is 4.79 Å². The summed E-state index contributed by atoms with van der Waals surface area (Å²) in [6.07, 6.45) is 4.08. The van der Waals surface area contributed by atoms with Crippen molar-refractivity contribution in [2.45, 2.75) is 18.0 Å². The van der Waals surface area contributed by atoms with E-state index in [2.05, 4.69) is 45.9 Å². The number of aromatic nitrogens is 2. The number of benzene rings is 3. The van der Waals surface area contributed by atoms with Gasteiger partial charge < -0.3 is 15.0 Å². The second kappa shape index (κ2) is 10.3. The third kappa shape index (κ3) is 4.31. The van der Waals surface area contributed by atoms with Gasteiger partial charge in [-0.25, -0.2) is 4.98 Å². The molecule has 1 atom stereocenters. The molecule has 4 aromatic rings. The van der Waals surface area contributed by atoms with Gasteiger partial charge in [0.1, 0.15) is 11.6 Å². The molecule has 4 rings (SSSR count). The van der Waals surface area contributed by atoms with E-state index < -0.39 is 17.6 Å². The summed E-state index contributed by atoms with van der Waals surface area (Å²) >= 11 is 0. The quantitative estimate of drug-likeness (QED) is 0.340. The van der Waals surface area contributed by atoms with Gasteiger partial charge in [0, 0.05) is 12.6 Å². The fourth-order valence-corrected chi connectivity index (χ4v) is 4.10. The van der Waals surface area contributed by atoms with E-state index in [-0.39, 0.29) is 12.4 Å². The van der Waals surface area contributed by atoms with E-state index in [1.165, 1.54) is 7.11 Å². The van der Waals surface area contributed by atoms with Crippen molar-refractivity contribution in [1.82, 2.24) is 9.55 Å². The molecular weight excluding hydrogens is 422 g/mol. The number of halogens is 1. The molecule has 0 spiro atoms. The Morgan fingerprint density at radius 3 is 1.75 bits per heavy atom. The first-order valence-electron chi connectivity index (χ1n) is 10.2. The van der Waals surface area contributed by atoms with E-state index >= 15 is 0 Å². The normalized spacial score (nSPS) is 11.9. The minimum atomic E-state index is -0.757. The number of methoxy groups -OCH3 is 1. The molecule has 6 heteroatoms. The third-order valence-electron chi connectivity index (χ3n) is 5.53. The van der Waals surface area contributed by atoms with Gasteiger partial charge in [0.2, 0.25) is 0 Å². The molecule has 1 unspecified atom stereocenters. The molecule has 0 aliphatic carbocycles. The molecule has 0 bridgehead atoms. The van der Waals surface area contributed by atoms with E-state index in [1.807, 2.05) is 67.1 Å². The lowest BCUT2D eigenvalue weighted by atomic mass is 9.77. The van der Waals surface area contributed by atoms with Crippen LogP contribution >= 0.6 is 12.4 Å². The van der Waals surface area contributed by atoms with Crippen LogP contribution in [-0.2, 0) is 21.5 Å². The van der Waals surface area contributed by atoms with Gasteiger partial charge in [0.15, 0.2) is 0 Å². The van der Waals surface area contributed by atoms with E-state index in [0.29, 0.717) is 6.42 Å². The number of nitrogens with two attached hydrogens (primary N) is 1. The van der Waals surface area contributed by atoms with Crippen molar-refractivity contribution >= 4 is 18.4 Å². The van der Waals surface area contributed by atoms with Crippen molar-refractivity contribution in [1.29, 1.82) is 0 Å². The van der Waals surface area contributed by atoms with Crippen LogP contribution in [0, 0.1) is 0 Å². The first kappa shape index (κ1) is 23.3. The summed E-state index contributed by atoms with van der Waals surface area (Å²) in [6, 6.07) is 30.3. The van der Waals surface area contributed by atoms with Crippen molar-refractivity contribution in [3.63, 3.8) is 0 Å². The zero-order valence-electron chi connectivity index (χ0n) is 17.8. The van der Waals surface area contributed by atoms with Crippen LogP contribution in [0.5, 0.6) is 0 Å². The van der Waals surface area contributed by atoms with Gasteiger partial charge in [-0.05, 0) is 16.7 Å². The van der Waals surface area contributed by atoms with E-state index in [4.69, 9.17) is 10.5 Å². The highest BCUT2D eigenvalue weighted by Gasteiger charge is 2.38. The number of hydrogen-bond acceptors (Lipinski definition) is 4. The molecule has 0 amide bonds. The van der Waals surface area contributed by atoms with Crippen LogP contribution in [0.4, 0.5) is 0 Å². The highest BCUT2D eigenvalue weighted by atomic mass is 35.5. The molecule has 0 aliphatic heterocycles. The number of nitrogens with zero attached hydrogens (tertiary/aromatic N) is 2. The summed E-state index contributed by atoms with van der Waals surface area (Å²) in [6.45, 7) is 0. The maximum atomic E-state index is 11.8. The topological polar surface area (TPSA) is 70.1 Å². The second-order valence-corrected chi connectivity index (χ2v) is 7.41. The Morgan fingerprint density at radius 2 is 1.34 bits per heavy atom. The monoisotopic (exact) mass is 447 g/mol. The van der Waals surface area contributed by atoms with Crippen LogP contribution in [0.1, 0.15) is 22.4 Å². The summed E-state index contributed by atoms with van der Waals surface area (Å²) < 4.78 is 6.87. The van der Waals surface area contributed by atoms with Gasteiger partial charge in [-0.1, -0.05) is 91.0 Å². The first-order chi connectivity index (χ1) is 15.2. The van der Waals surface area contributed by atoms with Crippen molar-refractivity contribution in [2.24, 2.45) is 5.73 Å². The third-order valence-corrected chi connectivity index (χ3v) is 5.53. The number of carbonyl (C=O) groups excluding carboxylic acids is 1. The molecule has 0 saturated carbocycles. The Morgan fingerprint density at radius 1 is 0.906 bits per heavy atom. The average molecular weight is 448 g/mol. The minimum Gasteiger partial charge on any atom is -0.468 e. The number of hydrogen-bond donors (Lipinski definition) is 1. The summed E-state index contributed by atoms with van der Waals surface area (Å²) in [5.74, 6) is -0.449. The van der Waals surface area contributed by atoms with Gasteiger partial charge in [0.05, 0.1) is 19.1 Å². The van der Waals surface area contributed by atoms with E-state index in [1.54, 1.807) is 0 Å². The van der Waals surface area contributed by atoms with Gasteiger partial charge in [-0.15, -0.1) is 12.4 Å². The molecule has 1 heterocycles. The minimum absolute atomic E-state index is 0. The predicted octanol–water partition coefficient (Wildman–Crippen LogP) is 4.19. The number of imidazole rings is 1. The van der Waals surface area contributed by atoms with Crippen molar-refractivity contribution in [3.8, 4) is 0 Å². The zero-order valence-corrected chi connectivity index (χ0v) is 18.6. The van der Waals surface area contributed by atoms with Gasteiger partial charge in [-0.2, -0.15) is 0 Å². The Bertz CT molecular complexity index is 1030. The standard InChI is InChI=1S/C26H25N3O2.ClH/c1-31-25(30)24(27)17-23-18-29(19-28-23)26(20-11-5-2-6-12-20,21-13-7-3-8-14-21)22-15-9-4-10-16-22;/h2-16,18-19,24H,17,27H2,1H3;1H. The predicted molar refractivity (Wildman–Crippen MR) is 128 cm³/mol. The molecule has 1 aromatic heterocycles. The fraction of sp³-hybridized carbons (Fsp3) is 0.154. The number of esters is 1. The lowest BCUT2D eigenvalue weighted by molar-refractivity contribution is -0.142. The van der Waals surface area contributed by atoms with Gasteiger partial charge in [-0.3, -0.25) is 4.79 Å². The molecule has 0 radical (unpaired) electrons. The highest BCUT2D eigenvalue weighted by molar-refractivity contribution is 5.85. The van der Waals surface area contributed by atoms with E-state index in [0.717, 1.165) is 22.4 Å². The van der Waals surface area contributed by atoms with Crippen LogP contribution in [0.2, 0.25) is 0 Å². The lowest BCUT2D eigenvalue weighted by Crippen LogP contribution is -2.37. The van der Waals surface area contributed by atoms with Crippen LogP contribution in [0.3, 0.4) is 0 Å². The number of rotatable bonds is 7. The van der Waals surface area contributed by atoms with Crippen LogP contribution in [0.25, 0.3) is 0 Å². The Balaban J connectivity index is 0.00000289. The van der Waals surface area contributed by atoms with Gasteiger partial charge in [0.25, 0.3) is 0 Å². The molecular formula is C26H26ClN3O2. The SMILES string of the molecule is COC(=O)C(N)Cc1cn(C(c2ccccc2)(c2ccccc2)c2ccccc2)cn1.Cl. The number of carbonyl (C=O) groups is 1. The largest absolute Gasteiger partial charge is 0.468 e. The fourth-order valence-electron chi connectivity index (χ4n) is 4.10. The molecule has 0 saturated heterocycles. The molecule has 2 N–H and O–H groups in total. The molecule has 5 nitrogen and oxygen atoms in total. The first-order valence-corrected chi connectivity index (χ1v) is 10.2. The molecule has 164 valence electrons.